The van der Waals surface area contributed by atoms with Gasteiger partial charge in [0.1, 0.15) is 6.54 Å². The Hall–Kier alpha value is -2.28. The summed E-state index contributed by atoms with van der Waals surface area (Å²) in [6.45, 7) is -1.25. The lowest BCUT2D eigenvalue weighted by molar-refractivity contribution is -0.301. The highest BCUT2D eigenvalue weighted by Gasteiger charge is 2.25. The molecule has 0 aromatic heterocycles. The molecule has 1 saturated carbocycles. The molecule has 154 valence electrons. The molecule has 0 aromatic carbocycles. The third-order valence-electron chi connectivity index (χ3n) is 4.30. The minimum Gasteiger partial charge on any atom is -0.480 e. The molecule has 3 amide bonds. The Morgan fingerprint density at radius 1 is 0.963 bits per heavy atom. The van der Waals surface area contributed by atoms with Crippen LogP contribution >= 0.6 is 0 Å². The summed E-state index contributed by atoms with van der Waals surface area (Å²) in [5, 5.41) is 23.5. The van der Waals surface area contributed by atoms with E-state index in [0.717, 1.165) is 25.7 Å². The van der Waals surface area contributed by atoms with E-state index < -0.39 is 36.3 Å². The Morgan fingerprint density at radius 2 is 1.52 bits per heavy atom. The van der Waals surface area contributed by atoms with Crippen molar-refractivity contribution in [3.63, 3.8) is 0 Å². The first-order valence-electron chi connectivity index (χ1n) is 8.66. The van der Waals surface area contributed by atoms with Gasteiger partial charge in [-0.1, -0.05) is 0 Å². The van der Waals surface area contributed by atoms with E-state index in [9.17, 15) is 19.2 Å². The average Bonchev–Trinajstić information content (AvgIpc) is 2.64. The van der Waals surface area contributed by atoms with Gasteiger partial charge in [-0.3, -0.25) is 19.2 Å². The first-order valence-corrected chi connectivity index (χ1v) is 8.66. The lowest BCUT2D eigenvalue weighted by atomic mass is 9.82. The van der Waals surface area contributed by atoms with E-state index in [4.69, 9.17) is 16.1 Å². The molecule has 0 aliphatic heterocycles. The van der Waals surface area contributed by atoms with E-state index in [2.05, 4.69) is 26.4 Å². The summed E-state index contributed by atoms with van der Waals surface area (Å²) in [5.74, 6) is -2.61. The van der Waals surface area contributed by atoms with Crippen LogP contribution < -0.4 is 27.2 Å². The molecule has 0 saturated heterocycles. The zero-order valence-electron chi connectivity index (χ0n) is 14.9. The van der Waals surface area contributed by atoms with Gasteiger partial charge < -0.3 is 26.8 Å². The Bertz CT molecular complexity index is 523. The zero-order valence-corrected chi connectivity index (χ0v) is 14.9. The molecular weight excluding hydrogens is 362 g/mol. The Balaban J connectivity index is 2.18. The molecule has 1 atom stereocenters. The summed E-state index contributed by atoms with van der Waals surface area (Å²) in [5.41, 5.74) is 8.36. The summed E-state index contributed by atoms with van der Waals surface area (Å²) in [7, 11) is 0. The molecule has 27 heavy (non-hydrogen) atoms. The highest BCUT2D eigenvalue weighted by molar-refractivity contribution is 5.90. The van der Waals surface area contributed by atoms with Crippen LogP contribution in [0.25, 0.3) is 0 Å². The lowest BCUT2D eigenvalue weighted by Gasteiger charge is -2.29. The van der Waals surface area contributed by atoms with Crippen LogP contribution in [0.3, 0.4) is 0 Å². The predicted octanol–water partition coefficient (Wildman–Crippen LogP) is -2.31. The van der Waals surface area contributed by atoms with E-state index in [1.165, 1.54) is 0 Å². The molecule has 8 N–H and O–H groups in total. The topological polar surface area (TPSA) is 192 Å². The van der Waals surface area contributed by atoms with E-state index in [1.54, 1.807) is 0 Å². The minimum atomic E-state index is -1.19. The van der Waals surface area contributed by atoms with E-state index in [1.807, 2.05) is 0 Å². The van der Waals surface area contributed by atoms with Crippen LogP contribution in [0.15, 0.2) is 0 Å². The third kappa shape index (κ3) is 9.84. The normalized spacial score (nSPS) is 20.4. The molecule has 1 aliphatic rings. The summed E-state index contributed by atoms with van der Waals surface area (Å²) >= 11 is 0. The van der Waals surface area contributed by atoms with Crippen LogP contribution in [0.4, 0.5) is 0 Å². The van der Waals surface area contributed by atoms with Crippen LogP contribution in [-0.2, 0) is 24.2 Å². The van der Waals surface area contributed by atoms with Crippen molar-refractivity contribution < 1.29 is 34.5 Å². The molecule has 1 fully saturated rings. The highest BCUT2D eigenvalue weighted by atomic mass is 17.2. The molecule has 0 spiro atoms. The highest BCUT2D eigenvalue weighted by Crippen LogP contribution is 2.27. The largest absolute Gasteiger partial charge is 0.480 e. The maximum Gasteiger partial charge on any atom is 0.322 e. The predicted molar refractivity (Wildman–Crippen MR) is 91.9 cm³/mol. The Labute approximate surface area is 156 Å². The lowest BCUT2D eigenvalue weighted by Crippen LogP contribution is -2.47. The number of carboxylic acid groups (broad SMARTS) is 1. The number of rotatable bonds is 11. The van der Waals surface area contributed by atoms with Gasteiger partial charge in [-0.15, -0.1) is 4.99 Å². The molecule has 12 heteroatoms. The number of amides is 3. The molecule has 1 rings (SSSR count). The quantitative estimate of drug-likeness (QED) is 0.150. The van der Waals surface area contributed by atoms with E-state index in [-0.39, 0.29) is 25.0 Å². The van der Waals surface area contributed by atoms with Crippen LogP contribution in [0.5, 0.6) is 0 Å². The number of carbonyl (C=O) groups is 4. The molecule has 0 aromatic rings. The van der Waals surface area contributed by atoms with Crippen molar-refractivity contribution in [2.45, 2.75) is 44.2 Å². The minimum absolute atomic E-state index is 0.0766. The fourth-order valence-corrected chi connectivity index (χ4v) is 2.83. The summed E-state index contributed by atoms with van der Waals surface area (Å²) in [6.07, 6.45) is 3.76. The van der Waals surface area contributed by atoms with Crippen molar-refractivity contribution in [2.75, 3.05) is 19.6 Å². The van der Waals surface area contributed by atoms with Gasteiger partial charge in [0.15, 0.2) is 0 Å². The van der Waals surface area contributed by atoms with Crippen molar-refractivity contribution >= 4 is 23.7 Å². The van der Waals surface area contributed by atoms with Gasteiger partial charge in [-0.25, -0.2) is 5.26 Å². The SMILES string of the molecule is NC(CC1CCC(NOO)CC1)C(=O)NCC(=O)NCC(=O)NCC(=O)O. The zero-order chi connectivity index (χ0) is 20.2. The smallest absolute Gasteiger partial charge is 0.322 e. The average molecular weight is 389 g/mol. The molecular formula is C15H27N5O7. The first kappa shape index (κ1) is 22.8. The maximum absolute atomic E-state index is 12.0. The van der Waals surface area contributed by atoms with Crippen LogP contribution in [0.2, 0.25) is 0 Å². The number of carbonyl (C=O) groups excluding carboxylic acids is 3. The number of carboxylic acids is 1. The van der Waals surface area contributed by atoms with E-state index >= 15 is 0 Å². The Kier molecular flexibility index (Phi) is 10.3. The standard InChI is InChI=1S/C15H27N5O7/c16-11(5-9-1-3-10(4-2-9)20-27-26)15(25)19-7-13(22)17-6-12(21)18-8-14(23)24/h9-11,20,26H,1-8,16H2,(H,17,22)(H,18,21)(H,19,25)(H,23,24). The number of nitrogens with one attached hydrogen (secondary N) is 4. The second-order valence-electron chi connectivity index (χ2n) is 6.43. The van der Waals surface area contributed by atoms with Crippen molar-refractivity contribution in [3.05, 3.63) is 0 Å². The van der Waals surface area contributed by atoms with Crippen LogP contribution in [0.1, 0.15) is 32.1 Å². The van der Waals surface area contributed by atoms with Crippen molar-refractivity contribution in [3.8, 4) is 0 Å². The van der Waals surface area contributed by atoms with Crippen LogP contribution in [-0.4, -0.2) is 65.8 Å². The van der Waals surface area contributed by atoms with Crippen molar-refractivity contribution in [2.24, 2.45) is 11.7 Å². The van der Waals surface area contributed by atoms with Gasteiger partial charge in [0.2, 0.25) is 17.7 Å². The fraction of sp³-hybridized carbons (Fsp3) is 0.733. The monoisotopic (exact) mass is 389 g/mol. The van der Waals surface area contributed by atoms with Crippen LogP contribution in [0, 0.1) is 5.92 Å². The van der Waals surface area contributed by atoms with Gasteiger partial charge >= 0.3 is 5.97 Å². The summed E-state index contributed by atoms with van der Waals surface area (Å²) < 4.78 is 0. The first-order chi connectivity index (χ1) is 12.8. The number of aliphatic carboxylic acids is 1. The van der Waals surface area contributed by atoms with Gasteiger partial charge in [-0.05, 0) is 38.0 Å². The summed E-state index contributed by atoms with van der Waals surface area (Å²) in [6, 6.07) is -0.673. The van der Waals surface area contributed by atoms with Gasteiger partial charge in [0.05, 0.1) is 19.1 Å². The van der Waals surface area contributed by atoms with Crippen molar-refractivity contribution in [1.82, 2.24) is 21.4 Å². The second kappa shape index (κ2) is 12.2. The van der Waals surface area contributed by atoms with Crippen molar-refractivity contribution in [1.29, 1.82) is 0 Å². The van der Waals surface area contributed by atoms with Gasteiger partial charge in [-0.2, -0.15) is 5.48 Å². The van der Waals surface area contributed by atoms with Gasteiger partial charge in [0.25, 0.3) is 0 Å². The van der Waals surface area contributed by atoms with Gasteiger partial charge in [0, 0.05) is 6.04 Å². The molecule has 0 heterocycles. The summed E-state index contributed by atoms with van der Waals surface area (Å²) in [4.78, 5) is 49.0. The molecule has 1 unspecified atom stereocenters. The number of hydroxylamine groups is 1. The molecule has 0 bridgehead atoms. The maximum atomic E-state index is 12.0. The molecule has 0 radical (unpaired) electrons. The fourth-order valence-electron chi connectivity index (χ4n) is 2.83. The molecule has 1 aliphatic carbocycles. The number of hydrogen-bond acceptors (Lipinski definition) is 8. The van der Waals surface area contributed by atoms with E-state index in [0.29, 0.717) is 6.42 Å². The second-order valence-corrected chi connectivity index (χ2v) is 6.43. The third-order valence-corrected chi connectivity index (χ3v) is 4.30. The number of hydrogen-bond donors (Lipinski definition) is 7. The Morgan fingerprint density at radius 3 is 2.07 bits per heavy atom. The molecule has 12 nitrogen and oxygen atoms in total. The number of nitrogens with two attached hydrogens (primary N) is 1.